The van der Waals surface area contributed by atoms with Gasteiger partial charge in [-0.25, -0.2) is 8.42 Å². The largest absolute Gasteiger partial charge is 0.456 e. The van der Waals surface area contributed by atoms with Crippen LogP contribution in [0, 0.1) is 0 Å². The molecule has 2 rings (SSSR count). The quantitative estimate of drug-likeness (QED) is 0.477. The molecule has 1 heterocycles. The van der Waals surface area contributed by atoms with Gasteiger partial charge in [-0.05, 0) is 43.3 Å². The standard InChI is InChI=1S/C17H17ClN2O6S2/c1-10(17(23)26-9-14(22)15-7-8-16(18)27-15)20-28(24,25)13-5-3-12(4-6-13)19-11(2)21/h3-8,10,20H,9H2,1-2H3,(H,19,21)/t10-/m1/s1. The summed E-state index contributed by atoms with van der Waals surface area (Å²) < 4.78 is 32.2. The second kappa shape index (κ2) is 9.28. The van der Waals surface area contributed by atoms with E-state index < -0.39 is 34.4 Å². The highest BCUT2D eigenvalue weighted by molar-refractivity contribution is 7.89. The van der Waals surface area contributed by atoms with Gasteiger partial charge in [0, 0.05) is 12.6 Å². The second-order valence-corrected chi connectivity index (χ2v) is 9.11. The van der Waals surface area contributed by atoms with Crippen LogP contribution in [0.5, 0.6) is 0 Å². The molecule has 2 N–H and O–H groups in total. The van der Waals surface area contributed by atoms with Crippen LogP contribution in [-0.2, 0) is 24.3 Å². The van der Waals surface area contributed by atoms with Gasteiger partial charge in [0.25, 0.3) is 0 Å². The number of benzene rings is 1. The topological polar surface area (TPSA) is 119 Å². The Hall–Kier alpha value is -2.27. The molecule has 0 unspecified atom stereocenters. The van der Waals surface area contributed by atoms with Gasteiger partial charge in [-0.3, -0.25) is 14.4 Å². The molecule has 0 saturated carbocycles. The van der Waals surface area contributed by atoms with Crippen LogP contribution < -0.4 is 10.0 Å². The number of esters is 1. The van der Waals surface area contributed by atoms with E-state index in [-0.39, 0.29) is 10.8 Å². The number of carbonyl (C=O) groups excluding carboxylic acids is 3. The van der Waals surface area contributed by atoms with Crippen molar-refractivity contribution < 1.29 is 27.5 Å². The summed E-state index contributed by atoms with van der Waals surface area (Å²) in [6.45, 7) is 2.11. The molecule has 1 aromatic heterocycles. The number of sulfonamides is 1. The monoisotopic (exact) mass is 444 g/mol. The Morgan fingerprint density at radius 2 is 1.79 bits per heavy atom. The van der Waals surface area contributed by atoms with Crippen molar-refractivity contribution in [3.05, 3.63) is 45.6 Å². The highest BCUT2D eigenvalue weighted by atomic mass is 35.5. The lowest BCUT2D eigenvalue weighted by atomic mass is 10.3. The fourth-order valence-corrected chi connectivity index (χ4v) is 4.23. The van der Waals surface area contributed by atoms with Crippen molar-refractivity contribution in [3.63, 3.8) is 0 Å². The molecule has 1 atom stereocenters. The molecular weight excluding hydrogens is 428 g/mol. The fraction of sp³-hybridized carbons (Fsp3) is 0.235. The van der Waals surface area contributed by atoms with E-state index >= 15 is 0 Å². The van der Waals surface area contributed by atoms with Crippen LogP contribution in [0.4, 0.5) is 5.69 Å². The fourth-order valence-electron chi connectivity index (χ4n) is 2.07. The van der Waals surface area contributed by atoms with Crippen LogP contribution in [-0.4, -0.2) is 38.7 Å². The van der Waals surface area contributed by atoms with Crippen molar-refractivity contribution in [1.82, 2.24) is 4.72 Å². The highest BCUT2D eigenvalue weighted by Crippen LogP contribution is 2.21. The van der Waals surface area contributed by atoms with Gasteiger partial charge in [0.1, 0.15) is 6.04 Å². The lowest BCUT2D eigenvalue weighted by molar-refractivity contribution is -0.144. The van der Waals surface area contributed by atoms with Gasteiger partial charge < -0.3 is 10.1 Å². The van der Waals surface area contributed by atoms with E-state index in [1.807, 2.05) is 0 Å². The zero-order valence-electron chi connectivity index (χ0n) is 14.9. The molecule has 0 aliphatic rings. The van der Waals surface area contributed by atoms with Gasteiger partial charge in [0.2, 0.25) is 21.7 Å². The molecule has 150 valence electrons. The van der Waals surface area contributed by atoms with Gasteiger partial charge in [-0.15, -0.1) is 11.3 Å². The lowest BCUT2D eigenvalue weighted by Gasteiger charge is -2.13. The summed E-state index contributed by atoms with van der Waals surface area (Å²) in [5.41, 5.74) is 0.436. The number of rotatable bonds is 8. The van der Waals surface area contributed by atoms with Crippen LogP contribution >= 0.6 is 22.9 Å². The van der Waals surface area contributed by atoms with Gasteiger partial charge in [-0.1, -0.05) is 11.6 Å². The van der Waals surface area contributed by atoms with E-state index in [4.69, 9.17) is 16.3 Å². The Morgan fingerprint density at radius 3 is 2.32 bits per heavy atom. The molecule has 1 aromatic carbocycles. The number of anilines is 1. The third kappa shape index (κ3) is 6.13. The normalized spacial score (nSPS) is 12.2. The maximum absolute atomic E-state index is 12.4. The first kappa shape index (κ1) is 22.0. The highest BCUT2D eigenvalue weighted by Gasteiger charge is 2.24. The first-order valence-corrected chi connectivity index (χ1v) is 10.6. The maximum Gasteiger partial charge on any atom is 0.324 e. The van der Waals surface area contributed by atoms with Gasteiger partial charge >= 0.3 is 5.97 Å². The van der Waals surface area contributed by atoms with Crippen LogP contribution in [0.2, 0.25) is 4.34 Å². The van der Waals surface area contributed by atoms with E-state index in [0.717, 1.165) is 11.3 Å². The van der Waals surface area contributed by atoms with Crippen molar-refractivity contribution in [2.45, 2.75) is 24.8 Å². The van der Waals surface area contributed by atoms with E-state index in [1.165, 1.54) is 44.2 Å². The number of Topliss-reactive ketones (excluding diaryl/α,β-unsaturated/α-hetero) is 1. The number of hydrogen-bond donors (Lipinski definition) is 2. The van der Waals surface area contributed by atoms with Crippen LogP contribution in [0.1, 0.15) is 23.5 Å². The third-order valence-corrected chi connectivity index (χ3v) is 6.19. The molecule has 0 spiro atoms. The first-order valence-electron chi connectivity index (χ1n) is 7.93. The van der Waals surface area contributed by atoms with Crippen molar-refractivity contribution in [2.75, 3.05) is 11.9 Å². The summed E-state index contributed by atoms with van der Waals surface area (Å²) in [5.74, 6) is -1.62. The van der Waals surface area contributed by atoms with Gasteiger partial charge in [0.05, 0.1) is 14.1 Å². The molecule has 0 saturated heterocycles. The summed E-state index contributed by atoms with van der Waals surface area (Å²) in [5, 5.41) is 2.52. The van der Waals surface area contributed by atoms with Crippen molar-refractivity contribution in [2.24, 2.45) is 0 Å². The Morgan fingerprint density at radius 1 is 1.14 bits per heavy atom. The minimum atomic E-state index is -4.00. The summed E-state index contributed by atoms with van der Waals surface area (Å²) >= 11 is 6.80. The Bertz CT molecular complexity index is 985. The minimum Gasteiger partial charge on any atom is -0.456 e. The second-order valence-electron chi connectivity index (χ2n) is 5.68. The molecule has 11 heteroatoms. The average molecular weight is 445 g/mol. The van der Waals surface area contributed by atoms with E-state index in [9.17, 15) is 22.8 Å². The van der Waals surface area contributed by atoms with Crippen LogP contribution in [0.3, 0.4) is 0 Å². The molecule has 1 amide bonds. The Balaban J connectivity index is 1.94. The van der Waals surface area contributed by atoms with Gasteiger partial charge in [0.15, 0.2) is 6.61 Å². The number of ether oxygens (including phenoxy) is 1. The van der Waals surface area contributed by atoms with Gasteiger partial charge in [-0.2, -0.15) is 4.72 Å². The van der Waals surface area contributed by atoms with E-state index in [1.54, 1.807) is 6.07 Å². The molecule has 0 aliphatic carbocycles. The number of amides is 1. The molecule has 0 fully saturated rings. The average Bonchev–Trinajstić information content (AvgIpc) is 3.05. The minimum absolute atomic E-state index is 0.0921. The number of ketones is 1. The lowest BCUT2D eigenvalue weighted by Crippen LogP contribution is -2.40. The molecule has 0 bridgehead atoms. The van der Waals surface area contributed by atoms with Crippen molar-refractivity contribution in [1.29, 1.82) is 0 Å². The zero-order chi connectivity index (χ0) is 20.9. The zero-order valence-corrected chi connectivity index (χ0v) is 17.3. The van der Waals surface area contributed by atoms with E-state index in [0.29, 0.717) is 14.9 Å². The number of carbonyl (C=O) groups is 3. The predicted molar refractivity (Wildman–Crippen MR) is 105 cm³/mol. The smallest absolute Gasteiger partial charge is 0.324 e. The summed E-state index contributed by atoms with van der Waals surface area (Å²) in [6, 6.07) is 7.27. The number of thiophene rings is 1. The molecule has 0 aliphatic heterocycles. The first-order chi connectivity index (χ1) is 13.1. The van der Waals surface area contributed by atoms with Crippen molar-refractivity contribution >= 4 is 56.3 Å². The third-order valence-electron chi connectivity index (χ3n) is 3.36. The molecule has 28 heavy (non-hydrogen) atoms. The number of nitrogens with one attached hydrogen (secondary N) is 2. The molecule has 0 radical (unpaired) electrons. The molecule has 8 nitrogen and oxygen atoms in total. The molecular formula is C17H17ClN2O6S2. The summed E-state index contributed by atoms with van der Waals surface area (Å²) in [7, 11) is -4.00. The Kier molecular flexibility index (Phi) is 7.30. The molecule has 2 aromatic rings. The summed E-state index contributed by atoms with van der Waals surface area (Å²) in [4.78, 5) is 35.1. The Labute approximate surface area is 170 Å². The maximum atomic E-state index is 12.4. The van der Waals surface area contributed by atoms with Crippen LogP contribution in [0.25, 0.3) is 0 Å². The van der Waals surface area contributed by atoms with Crippen molar-refractivity contribution in [3.8, 4) is 0 Å². The SMILES string of the molecule is CC(=O)Nc1ccc(S(=O)(=O)N[C@H](C)C(=O)OCC(=O)c2ccc(Cl)s2)cc1. The predicted octanol–water partition coefficient (Wildman–Crippen LogP) is 2.45. The number of hydrogen-bond acceptors (Lipinski definition) is 7. The summed E-state index contributed by atoms with van der Waals surface area (Å²) in [6.07, 6.45) is 0. The van der Waals surface area contributed by atoms with E-state index in [2.05, 4.69) is 10.0 Å². The number of halogens is 1. The van der Waals surface area contributed by atoms with Crippen LogP contribution in [0.15, 0.2) is 41.3 Å².